The van der Waals surface area contributed by atoms with Gasteiger partial charge in [0.2, 0.25) is 5.91 Å². The quantitative estimate of drug-likeness (QED) is 0.588. The smallest absolute Gasteiger partial charge is 0.405 e. The first kappa shape index (κ1) is 20.6. The number of nitrogens with zero attached hydrogens (tertiary/aromatic N) is 4. The molecule has 0 saturated heterocycles. The number of ether oxygens (including phenoxy) is 1. The standard InChI is InChI=1S/C18H16F3N5O2S/c1-28-14-4-2-13(3-5-14)26-16(12-6-8-22-9-7-12)24-25-17(26)29-10-15(27)23-11-18(19,20)21/h2-9H,10-11H2,1H3,(H,23,27). The molecule has 0 radical (unpaired) electrons. The molecule has 0 aliphatic rings. The van der Waals surface area contributed by atoms with Crippen molar-refractivity contribution in [3.8, 4) is 22.8 Å². The molecule has 0 unspecified atom stereocenters. The minimum atomic E-state index is -4.46. The monoisotopic (exact) mass is 423 g/mol. The van der Waals surface area contributed by atoms with Gasteiger partial charge in [0.15, 0.2) is 11.0 Å². The van der Waals surface area contributed by atoms with Gasteiger partial charge in [0.25, 0.3) is 0 Å². The molecule has 0 atom stereocenters. The molecule has 3 rings (SSSR count). The number of alkyl halides is 3. The number of hydrogen-bond acceptors (Lipinski definition) is 6. The average Bonchev–Trinajstić information content (AvgIpc) is 3.15. The van der Waals surface area contributed by atoms with Gasteiger partial charge in [-0.25, -0.2) is 0 Å². The van der Waals surface area contributed by atoms with Crippen molar-refractivity contribution in [3.05, 3.63) is 48.8 Å². The number of carbonyl (C=O) groups excluding carboxylic acids is 1. The van der Waals surface area contributed by atoms with Gasteiger partial charge in [0, 0.05) is 23.6 Å². The third kappa shape index (κ3) is 5.47. The van der Waals surface area contributed by atoms with Gasteiger partial charge in [0.1, 0.15) is 12.3 Å². The number of methoxy groups -OCH3 is 1. The van der Waals surface area contributed by atoms with Gasteiger partial charge in [-0.3, -0.25) is 14.3 Å². The van der Waals surface area contributed by atoms with E-state index in [2.05, 4.69) is 15.2 Å². The highest BCUT2D eigenvalue weighted by molar-refractivity contribution is 7.99. The van der Waals surface area contributed by atoms with E-state index in [1.54, 1.807) is 60.5 Å². The average molecular weight is 423 g/mol. The lowest BCUT2D eigenvalue weighted by molar-refractivity contribution is -0.136. The molecule has 7 nitrogen and oxygen atoms in total. The van der Waals surface area contributed by atoms with E-state index in [0.29, 0.717) is 22.4 Å². The molecule has 2 heterocycles. The van der Waals surface area contributed by atoms with Gasteiger partial charge >= 0.3 is 6.18 Å². The van der Waals surface area contributed by atoms with E-state index in [9.17, 15) is 18.0 Å². The molecule has 1 N–H and O–H groups in total. The van der Waals surface area contributed by atoms with Crippen LogP contribution in [0.3, 0.4) is 0 Å². The minimum absolute atomic E-state index is 0.235. The normalized spacial score (nSPS) is 11.3. The fourth-order valence-corrected chi connectivity index (χ4v) is 3.18. The molecular weight excluding hydrogens is 407 g/mol. The van der Waals surface area contributed by atoms with Crippen LogP contribution in [0.5, 0.6) is 5.75 Å². The van der Waals surface area contributed by atoms with Crippen LogP contribution in [0.1, 0.15) is 0 Å². The number of amides is 1. The number of hydrogen-bond donors (Lipinski definition) is 1. The Hall–Kier alpha value is -3.08. The van der Waals surface area contributed by atoms with Crippen LogP contribution in [0, 0.1) is 0 Å². The second-order valence-electron chi connectivity index (χ2n) is 5.76. The van der Waals surface area contributed by atoms with Crippen LogP contribution in [-0.2, 0) is 4.79 Å². The lowest BCUT2D eigenvalue weighted by atomic mass is 10.2. The summed E-state index contributed by atoms with van der Waals surface area (Å²) in [5.74, 6) is 0.187. The summed E-state index contributed by atoms with van der Waals surface area (Å²) >= 11 is 0.989. The molecule has 0 saturated carbocycles. The molecule has 0 aliphatic heterocycles. The van der Waals surface area contributed by atoms with Crippen molar-refractivity contribution in [2.24, 2.45) is 0 Å². The van der Waals surface area contributed by atoms with Gasteiger partial charge in [-0.1, -0.05) is 11.8 Å². The fourth-order valence-electron chi connectivity index (χ4n) is 2.40. The van der Waals surface area contributed by atoms with Crippen molar-refractivity contribution in [1.29, 1.82) is 0 Å². The molecule has 29 heavy (non-hydrogen) atoms. The van der Waals surface area contributed by atoms with Gasteiger partial charge in [0.05, 0.1) is 12.9 Å². The molecule has 1 amide bonds. The molecule has 0 spiro atoms. The topological polar surface area (TPSA) is 81.9 Å². The van der Waals surface area contributed by atoms with Gasteiger partial charge in [-0.2, -0.15) is 13.2 Å². The number of nitrogens with one attached hydrogen (secondary N) is 1. The van der Waals surface area contributed by atoms with Gasteiger partial charge in [-0.05, 0) is 36.4 Å². The van der Waals surface area contributed by atoms with Crippen molar-refractivity contribution in [1.82, 2.24) is 25.1 Å². The van der Waals surface area contributed by atoms with E-state index in [0.717, 1.165) is 17.3 Å². The van der Waals surface area contributed by atoms with Crippen molar-refractivity contribution >= 4 is 17.7 Å². The minimum Gasteiger partial charge on any atom is -0.497 e. The zero-order valence-electron chi connectivity index (χ0n) is 15.2. The van der Waals surface area contributed by atoms with E-state index in [4.69, 9.17) is 4.74 Å². The number of thioether (sulfide) groups is 1. The number of halogens is 3. The van der Waals surface area contributed by atoms with Crippen molar-refractivity contribution in [3.63, 3.8) is 0 Å². The van der Waals surface area contributed by atoms with Gasteiger partial charge in [-0.15, -0.1) is 10.2 Å². The summed E-state index contributed by atoms with van der Waals surface area (Å²) in [6.07, 6.45) is -1.24. The first-order valence-corrected chi connectivity index (χ1v) is 9.32. The second-order valence-corrected chi connectivity index (χ2v) is 6.70. The van der Waals surface area contributed by atoms with Crippen LogP contribution in [0.15, 0.2) is 53.9 Å². The summed E-state index contributed by atoms with van der Waals surface area (Å²) in [5, 5.41) is 10.5. The molecule has 152 valence electrons. The molecule has 11 heteroatoms. The molecule has 1 aromatic carbocycles. The van der Waals surface area contributed by atoms with Crippen LogP contribution in [-0.4, -0.2) is 51.2 Å². The third-order valence-electron chi connectivity index (χ3n) is 3.72. The van der Waals surface area contributed by atoms with Crippen molar-refractivity contribution < 1.29 is 22.7 Å². The Morgan fingerprint density at radius 2 is 1.83 bits per heavy atom. The van der Waals surface area contributed by atoms with Crippen LogP contribution in [0.4, 0.5) is 13.2 Å². The number of benzene rings is 1. The van der Waals surface area contributed by atoms with E-state index < -0.39 is 18.6 Å². The molecule has 3 aromatic rings. The maximum absolute atomic E-state index is 12.3. The van der Waals surface area contributed by atoms with Crippen molar-refractivity contribution in [2.75, 3.05) is 19.4 Å². The number of carbonyl (C=O) groups is 1. The summed E-state index contributed by atoms with van der Waals surface area (Å²) in [5.41, 5.74) is 1.46. The fraction of sp³-hybridized carbons (Fsp3) is 0.222. The SMILES string of the molecule is COc1ccc(-n2c(SCC(=O)NCC(F)(F)F)nnc2-c2ccncc2)cc1. The Balaban J connectivity index is 1.87. The first-order chi connectivity index (χ1) is 13.9. The van der Waals surface area contributed by atoms with Crippen LogP contribution < -0.4 is 10.1 Å². The van der Waals surface area contributed by atoms with Crippen LogP contribution in [0.25, 0.3) is 17.1 Å². The highest BCUT2D eigenvalue weighted by Crippen LogP contribution is 2.28. The lowest BCUT2D eigenvalue weighted by Gasteiger charge is -2.11. The lowest BCUT2D eigenvalue weighted by Crippen LogP contribution is -2.34. The second kappa shape index (κ2) is 8.95. The van der Waals surface area contributed by atoms with E-state index in [1.165, 1.54) is 0 Å². The molecule has 0 aliphatic carbocycles. The Morgan fingerprint density at radius 1 is 1.14 bits per heavy atom. The highest BCUT2D eigenvalue weighted by atomic mass is 32.2. The Morgan fingerprint density at radius 3 is 2.45 bits per heavy atom. The summed E-state index contributed by atoms with van der Waals surface area (Å²) in [6.45, 7) is -1.38. The number of rotatable bonds is 7. The Kier molecular flexibility index (Phi) is 6.37. The highest BCUT2D eigenvalue weighted by Gasteiger charge is 2.27. The Bertz CT molecular complexity index is 962. The number of pyridine rings is 1. The molecule has 0 bridgehead atoms. The summed E-state index contributed by atoms with van der Waals surface area (Å²) in [7, 11) is 1.55. The zero-order chi connectivity index (χ0) is 20.9. The maximum atomic E-state index is 12.3. The van der Waals surface area contributed by atoms with E-state index >= 15 is 0 Å². The van der Waals surface area contributed by atoms with Crippen molar-refractivity contribution in [2.45, 2.75) is 11.3 Å². The predicted molar refractivity (Wildman–Crippen MR) is 101 cm³/mol. The zero-order valence-corrected chi connectivity index (χ0v) is 16.0. The van der Waals surface area contributed by atoms with Crippen LogP contribution in [0.2, 0.25) is 0 Å². The van der Waals surface area contributed by atoms with Crippen LogP contribution >= 0.6 is 11.8 Å². The van der Waals surface area contributed by atoms with E-state index in [-0.39, 0.29) is 5.75 Å². The maximum Gasteiger partial charge on any atom is 0.405 e. The largest absolute Gasteiger partial charge is 0.497 e. The predicted octanol–water partition coefficient (Wildman–Crippen LogP) is 3.11. The Labute approximate surface area is 168 Å². The van der Waals surface area contributed by atoms with Gasteiger partial charge < -0.3 is 10.1 Å². The summed E-state index contributed by atoms with van der Waals surface area (Å²) < 4.78 is 43.6. The molecule has 0 fully saturated rings. The molecule has 2 aromatic heterocycles. The molecular formula is C18H16F3N5O2S. The summed E-state index contributed by atoms with van der Waals surface area (Å²) in [4.78, 5) is 15.7. The summed E-state index contributed by atoms with van der Waals surface area (Å²) in [6, 6.07) is 10.6. The number of aromatic nitrogens is 4. The van der Waals surface area contributed by atoms with E-state index in [1.807, 2.05) is 5.32 Å². The first-order valence-electron chi connectivity index (χ1n) is 8.34. The third-order valence-corrected chi connectivity index (χ3v) is 4.65.